The molecule has 0 amide bonds. The van der Waals surface area contributed by atoms with Crippen LogP contribution in [0.2, 0.25) is 0 Å². The Morgan fingerprint density at radius 2 is 2.00 bits per heavy atom. The molecule has 2 aromatic carbocycles. The molecule has 1 heterocycles. The average Bonchev–Trinajstić information content (AvgIpc) is 3.14. The van der Waals surface area contributed by atoms with Crippen molar-refractivity contribution in [3.63, 3.8) is 0 Å². The van der Waals surface area contributed by atoms with Gasteiger partial charge < -0.3 is 9.47 Å². The fourth-order valence-electron chi connectivity index (χ4n) is 2.18. The van der Waals surface area contributed by atoms with Crippen LogP contribution in [-0.2, 0) is 11.3 Å². The Morgan fingerprint density at radius 1 is 1.21 bits per heavy atom. The van der Waals surface area contributed by atoms with Crippen molar-refractivity contribution in [2.45, 2.75) is 6.61 Å². The number of carbonyl (C=O) groups excluding carboxylic acids is 1. The molecule has 24 heavy (non-hydrogen) atoms. The van der Waals surface area contributed by atoms with Crippen LogP contribution in [0.25, 0.3) is 5.69 Å². The zero-order valence-corrected chi connectivity index (χ0v) is 14.4. The van der Waals surface area contributed by atoms with Crippen LogP contribution in [0.5, 0.6) is 5.75 Å². The molecule has 0 radical (unpaired) electrons. The third-order valence-corrected chi connectivity index (χ3v) is 3.88. The lowest BCUT2D eigenvalue weighted by Gasteiger charge is -2.10. The fraction of sp³-hybridized carbons (Fsp3) is 0.118. The number of hydrogen-bond donors (Lipinski definition) is 0. The highest BCUT2D eigenvalue weighted by Gasteiger charge is 2.10. The molecule has 0 unspecified atom stereocenters. The lowest BCUT2D eigenvalue weighted by Crippen LogP contribution is -2.06. The number of nitrogens with zero attached hydrogens (tertiary/aromatic N) is 3. The van der Waals surface area contributed by atoms with Crippen molar-refractivity contribution >= 4 is 21.9 Å². The molecule has 0 saturated carbocycles. The second-order valence-corrected chi connectivity index (χ2v) is 5.83. The van der Waals surface area contributed by atoms with Crippen LogP contribution in [0, 0.1) is 0 Å². The van der Waals surface area contributed by atoms with Gasteiger partial charge in [0.2, 0.25) is 0 Å². The molecule has 0 spiro atoms. The predicted octanol–water partition coefficient (Wildman–Crippen LogP) is 3.40. The van der Waals surface area contributed by atoms with E-state index in [4.69, 9.17) is 9.47 Å². The van der Waals surface area contributed by atoms with Gasteiger partial charge in [0, 0.05) is 10.0 Å². The molecule has 6 nitrogen and oxygen atoms in total. The summed E-state index contributed by atoms with van der Waals surface area (Å²) in [5.74, 6) is 0.273. The predicted molar refractivity (Wildman–Crippen MR) is 91.2 cm³/mol. The van der Waals surface area contributed by atoms with Crippen LogP contribution in [0.15, 0.2) is 59.6 Å². The van der Waals surface area contributed by atoms with Crippen LogP contribution in [0.1, 0.15) is 15.9 Å². The molecule has 0 fully saturated rings. The van der Waals surface area contributed by atoms with E-state index in [1.54, 1.807) is 42.4 Å². The Kier molecular flexibility index (Phi) is 4.90. The maximum atomic E-state index is 12.2. The summed E-state index contributed by atoms with van der Waals surface area (Å²) in [5, 5.41) is 4.04. The second-order valence-electron chi connectivity index (χ2n) is 4.92. The highest BCUT2D eigenvalue weighted by molar-refractivity contribution is 9.10. The molecule has 7 heteroatoms. The van der Waals surface area contributed by atoms with Gasteiger partial charge in [-0.2, -0.15) is 5.10 Å². The van der Waals surface area contributed by atoms with E-state index in [1.807, 2.05) is 18.2 Å². The van der Waals surface area contributed by atoms with Crippen LogP contribution < -0.4 is 4.74 Å². The van der Waals surface area contributed by atoms with Gasteiger partial charge >= 0.3 is 5.97 Å². The lowest BCUT2D eigenvalue weighted by molar-refractivity contribution is 0.0470. The second kappa shape index (κ2) is 7.27. The Balaban J connectivity index is 1.68. The van der Waals surface area contributed by atoms with Crippen molar-refractivity contribution in [2.24, 2.45) is 0 Å². The molecule has 3 rings (SSSR count). The first-order chi connectivity index (χ1) is 11.7. The molecule has 0 aliphatic heterocycles. The number of carbonyl (C=O) groups is 1. The third-order valence-electron chi connectivity index (χ3n) is 3.39. The van der Waals surface area contributed by atoms with Gasteiger partial charge in [-0.1, -0.05) is 15.9 Å². The summed E-state index contributed by atoms with van der Waals surface area (Å²) in [6.45, 7) is 0.131. The minimum atomic E-state index is -0.401. The average molecular weight is 388 g/mol. The Morgan fingerprint density at radius 3 is 2.67 bits per heavy atom. The molecule has 3 aromatic rings. The maximum absolute atomic E-state index is 12.2. The van der Waals surface area contributed by atoms with E-state index in [-0.39, 0.29) is 6.61 Å². The molecule has 0 aliphatic carbocycles. The van der Waals surface area contributed by atoms with Crippen molar-refractivity contribution in [1.29, 1.82) is 0 Å². The molecule has 122 valence electrons. The number of ether oxygens (including phenoxy) is 2. The van der Waals surface area contributed by atoms with E-state index in [9.17, 15) is 4.79 Å². The van der Waals surface area contributed by atoms with Crippen LogP contribution >= 0.6 is 15.9 Å². The van der Waals surface area contributed by atoms with Gasteiger partial charge in [-0.3, -0.25) is 0 Å². The van der Waals surface area contributed by atoms with Crippen LogP contribution in [0.4, 0.5) is 0 Å². The van der Waals surface area contributed by atoms with E-state index in [1.165, 1.54) is 6.33 Å². The molecular weight excluding hydrogens is 374 g/mol. The van der Waals surface area contributed by atoms with Crippen LogP contribution in [0.3, 0.4) is 0 Å². The van der Waals surface area contributed by atoms with Gasteiger partial charge in [0.15, 0.2) is 0 Å². The molecular formula is C17H14BrN3O3. The highest BCUT2D eigenvalue weighted by Crippen LogP contribution is 2.24. The van der Waals surface area contributed by atoms with E-state index in [0.717, 1.165) is 15.7 Å². The van der Waals surface area contributed by atoms with Gasteiger partial charge in [-0.05, 0) is 42.5 Å². The van der Waals surface area contributed by atoms with Crippen molar-refractivity contribution in [3.8, 4) is 11.4 Å². The molecule has 0 atom stereocenters. The first-order valence-electron chi connectivity index (χ1n) is 7.12. The van der Waals surface area contributed by atoms with Gasteiger partial charge in [0.05, 0.1) is 18.4 Å². The summed E-state index contributed by atoms with van der Waals surface area (Å²) < 4.78 is 13.1. The number of halogens is 1. The SMILES string of the molecule is COc1ccc(Br)cc1COC(=O)c1ccc(-n2cncn2)cc1. The summed E-state index contributed by atoms with van der Waals surface area (Å²) in [6, 6.07) is 12.5. The first-order valence-corrected chi connectivity index (χ1v) is 7.91. The van der Waals surface area contributed by atoms with E-state index < -0.39 is 5.97 Å². The molecule has 0 bridgehead atoms. The van der Waals surface area contributed by atoms with Crippen molar-refractivity contribution in [1.82, 2.24) is 14.8 Å². The van der Waals surface area contributed by atoms with E-state index in [0.29, 0.717) is 11.3 Å². The number of esters is 1. The number of hydrogen-bond acceptors (Lipinski definition) is 5. The molecule has 1 aromatic heterocycles. The summed E-state index contributed by atoms with van der Waals surface area (Å²) in [6.07, 6.45) is 3.04. The van der Waals surface area contributed by atoms with Crippen LogP contribution in [-0.4, -0.2) is 27.8 Å². The number of benzene rings is 2. The van der Waals surface area contributed by atoms with Crippen molar-refractivity contribution in [2.75, 3.05) is 7.11 Å². The quantitative estimate of drug-likeness (QED) is 0.627. The minimum absolute atomic E-state index is 0.131. The maximum Gasteiger partial charge on any atom is 0.338 e. The minimum Gasteiger partial charge on any atom is -0.496 e. The summed E-state index contributed by atoms with van der Waals surface area (Å²) in [5.41, 5.74) is 2.07. The number of methoxy groups -OCH3 is 1. The largest absolute Gasteiger partial charge is 0.496 e. The van der Waals surface area contributed by atoms with Crippen molar-refractivity contribution < 1.29 is 14.3 Å². The number of rotatable bonds is 5. The zero-order chi connectivity index (χ0) is 16.9. The topological polar surface area (TPSA) is 66.2 Å². The Labute approximate surface area is 147 Å². The van der Waals surface area contributed by atoms with E-state index in [2.05, 4.69) is 26.0 Å². The summed E-state index contributed by atoms with van der Waals surface area (Å²) in [7, 11) is 1.58. The van der Waals surface area contributed by atoms with Crippen molar-refractivity contribution in [3.05, 3.63) is 70.7 Å². The highest BCUT2D eigenvalue weighted by atomic mass is 79.9. The van der Waals surface area contributed by atoms with Gasteiger partial charge in [0.25, 0.3) is 0 Å². The fourth-order valence-corrected chi connectivity index (χ4v) is 2.59. The van der Waals surface area contributed by atoms with Gasteiger partial charge in [0.1, 0.15) is 25.0 Å². The smallest absolute Gasteiger partial charge is 0.338 e. The Bertz CT molecular complexity index is 833. The first kappa shape index (κ1) is 16.2. The van der Waals surface area contributed by atoms with Gasteiger partial charge in [-0.15, -0.1) is 0 Å². The Hall–Kier alpha value is -2.67. The lowest BCUT2D eigenvalue weighted by atomic mass is 10.2. The number of aromatic nitrogens is 3. The normalized spacial score (nSPS) is 10.4. The zero-order valence-electron chi connectivity index (χ0n) is 12.8. The van der Waals surface area contributed by atoms with E-state index >= 15 is 0 Å². The molecule has 0 N–H and O–H groups in total. The monoisotopic (exact) mass is 387 g/mol. The van der Waals surface area contributed by atoms with Gasteiger partial charge in [-0.25, -0.2) is 14.5 Å². The summed E-state index contributed by atoms with van der Waals surface area (Å²) in [4.78, 5) is 16.1. The standard InChI is InChI=1S/C17H14BrN3O3/c1-23-16-7-4-14(18)8-13(16)9-24-17(22)12-2-5-15(6-3-12)21-11-19-10-20-21/h2-8,10-11H,9H2,1H3. The third kappa shape index (κ3) is 3.62. The molecule has 0 aliphatic rings. The summed E-state index contributed by atoms with van der Waals surface area (Å²) >= 11 is 3.39. The molecule has 0 saturated heterocycles.